The Hall–Kier alpha value is -2.21. The molecule has 6 heteroatoms. The molecule has 0 bridgehead atoms. The van der Waals surface area contributed by atoms with E-state index < -0.39 is 18.4 Å². The number of aliphatic carboxylic acids is 1. The highest BCUT2D eigenvalue weighted by Gasteiger charge is 2.25. The largest absolute Gasteiger partial charge is 0.480 e. The van der Waals surface area contributed by atoms with Crippen LogP contribution in [-0.4, -0.2) is 28.5 Å². The third-order valence-corrected chi connectivity index (χ3v) is 4.24. The summed E-state index contributed by atoms with van der Waals surface area (Å²) in [5.74, 6) is -1.47. The summed E-state index contributed by atoms with van der Waals surface area (Å²) in [7, 11) is 0. The maximum Gasteiger partial charge on any atom is 0.323 e. The summed E-state index contributed by atoms with van der Waals surface area (Å²) in [6.07, 6.45) is 0. The second kappa shape index (κ2) is 6.27. The fourth-order valence-corrected chi connectivity index (χ4v) is 2.76. The van der Waals surface area contributed by atoms with Crippen LogP contribution in [0.1, 0.15) is 36.3 Å². The van der Waals surface area contributed by atoms with Crippen molar-refractivity contribution in [1.82, 2.24) is 4.98 Å². The molecule has 0 aliphatic heterocycles. The van der Waals surface area contributed by atoms with Gasteiger partial charge >= 0.3 is 5.97 Å². The number of rotatable bonds is 4. The minimum Gasteiger partial charge on any atom is -0.480 e. The van der Waals surface area contributed by atoms with Crippen molar-refractivity contribution in [3.05, 3.63) is 46.4 Å². The van der Waals surface area contributed by atoms with Gasteiger partial charge in [0.25, 0.3) is 5.91 Å². The standard InChI is InChI=1S/C16H18N2O3S/c1-16(2,3)15-17-12(10-22-15)14(21)18(9-13(19)20)11-7-5-4-6-8-11/h4-8,10H,9H2,1-3H3,(H,19,20). The van der Waals surface area contributed by atoms with E-state index in [9.17, 15) is 9.59 Å². The van der Waals surface area contributed by atoms with Crippen LogP contribution in [0.3, 0.4) is 0 Å². The first-order valence-electron chi connectivity index (χ1n) is 6.84. The quantitative estimate of drug-likeness (QED) is 0.940. The van der Waals surface area contributed by atoms with Crippen LogP contribution in [0, 0.1) is 0 Å². The molecule has 0 fully saturated rings. The number of aromatic nitrogens is 1. The van der Waals surface area contributed by atoms with Gasteiger partial charge in [-0.2, -0.15) is 0 Å². The van der Waals surface area contributed by atoms with Crippen LogP contribution in [-0.2, 0) is 10.2 Å². The van der Waals surface area contributed by atoms with E-state index in [1.807, 2.05) is 26.8 Å². The van der Waals surface area contributed by atoms with Crippen molar-refractivity contribution in [3.8, 4) is 0 Å². The minimum atomic E-state index is -1.07. The SMILES string of the molecule is CC(C)(C)c1nc(C(=O)N(CC(=O)O)c2ccccc2)cs1. The molecule has 1 N–H and O–H groups in total. The van der Waals surface area contributed by atoms with Crippen molar-refractivity contribution in [2.45, 2.75) is 26.2 Å². The van der Waals surface area contributed by atoms with E-state index in [1.54, 1.807) is 29.6 Å². The van der Waals surface area contributed by atoms with E-state index in [0.29, 0.717) is 5.69 Å². The van der Waals surface area contributed by atoms with Gasteiger partial charge in [-0.05, 0) is 12.1 Å². The van der Waals surface area contributed by atoms with Crippen LogP contribution >= 0.6 is 11.3 Å². The van der Waals surface area contributed by atoms with Crippen molar-refractivity contribution in [1.29, 1.82) is 0 Å². The minimum absolute atomic E-state index is 0.145. The van der Waals surface area contributed by atoms with E-state index in [2.05, 4.69) is 4.98 Å². The van der Waals surface area contributed by atoms with Gasteiger partial charge in [-0.25, -0.2) is 4.98 Å². The Kier molecular flexibility index (Phi) is 4.61. The van der Waals surface area contributed by atoms with Gasteiger partial charge in [0.05, 0.1) is 5.01 Å². The van der Waals surface area contributed by atoms with E-state index >= 15 is 0 Å². The number of benzene rings is 1. The lowest BCUT2D eigenvalue weighted by atomic mass is 9.98. The zero-order valence-electron chi connectivity index (χ0n) is 12.7. The number of hydrogen-bond donors (Lipinski definition) is 1. The first-order valence-corrected chi connectivity index (χ1v) is 7.71. The van der Waals surface area contributed by atoms with Crippen molar-refractivity contribution < 1.29 is 14.7 Å². The van der Waals surface area contributed by atoms with E-state index in [-0.39, 0.29) is 11.1 Å². The first-order chi connectivity index (χ1) is 10.3. The van der Waals surface area contributed by atoms with Crippen LogP contribution in [0.2, 0.25) is 0 Å². The van der Waals surface area contributed by atoms with Gasteiger partial charge in [0, 0.05) is 16.5 Å². The van der Waals surface area contributed by atoms with Crippen LogP contribution < -0.4 is 4.90 Å². The number of para-hydroxylation sites is 1. The number of thiazole rings is 1. The molecule has 2 aromatic rings. The van der Waals surface area contributed by atoms with Gasteiger partial charge in [0.2, 0.25) is 0 Å². The van der Waals surface area contributed by atoms with Crippen molar-refractivity contribution >= 4 is 28.9 Å². The Morgan fingerprint density at radius 1 is 1.23 bits per heavy atom. The fourth-order valence-electron chi connectivity index (χ4n) is 1.88. The Morgan fingerprint density at radius 3 is 2.36 bits per heavy atom. The lowest BCUT2D eigenvalue weighted by Crippen LogP contribution is -2.36. The summed E-state index contributed by atoms with van der Waals surface area (Å²) < 4.78 is 0. The zero-order valence-corrected chi connectivity index (χ0v) is 13.6. The van der Waals surface area contributed by atoms with Gasteiger partial charge in [0.15, 0.2) is 0 Å². The molecule has 1 aromatic carbocycles. The summed E-state index contributed by atoms with van der Waals surface area (Å²) >= 11 is 1.41. The average Bonchev–Trinajstić information content (AvgIpc) is 2.94. The first kappa shape index (κ1) is 16.2. The molecule has 0 atom stereocenters. The summed E-state index contributed by atoms with van der Waals surface area (Å²) in [6, 6.07) is 8.75. The predicted octanol–water partition coefficient (Wildman–Crippen LogP) is 3.17. The number of carbonyl (C=O) groups is 2. The molecule has 0 saturated heterocycles. The van der Waals surface area contributed by atoms with Crippen molar-refractivity contribution in [2.24, 2.45) is 0 Å². The highest BCUT2D eigenvalue weighted by Crippen LogP contribution is 2.26. The lowest BCUT2D eigenvalue weighted by molar-refractivity contribution is -0.135. The van der Waals surface area contributed by atoms with Gasteiger partial charge < -0.3 is 5.11 Å². The molecule has 1 aromatic heterocycles. The Morgan fingerprint density at radius 2 is 1.86 bits per heavy atom. The van der Waals surface area contributed by atoms with E-state index in [4.69, 9.17) is 5.11 Å². The smallest absolute Gasteiger partial charge is 0.323 e. The second-order valence-electron chi connectivity index (χ2n) is 5.91. The van der Waals surface area contributed by atoms with Crippen LogP contribution in [0.15, 0.2) is 35.7 Å². The van der Waals surface area contributed by atoms with Crippen LogP contribution in [0.25, 0.3) is 0 Å². The molecule has 0 unspecified atom stereocenters. The number of carboxylic acids is 1. The average molecular weight is 318 g/mol. The van der Waals surface area contributed by atoms with Crippen LogP contribution in [0.5, 0.6) is 0 Å². The van der Waals surface area contributed by atoms with E-state index in [0.717, 1.165) is 5.01 Å². The Bertz CT molecular complexity index is 674. The maximum atomic E-state index is 12.6. The molecule has 0 aliphatic carbocycles. The molecule has 0 spiro atoms. The molecule has 0 aliphatic rings. The number of nitrogens with zero attached hydrogens (tertiary/aromatic N) is 2. The molecule has 0 radical (unpaired) electrons. The summed E-state index contributed by atoms with van der Waals surface area (Å²) in [5.41, 5.74) is 0.674. The summed E-state index contributed by atoms with van der Waals surface area (Å²) in [4.78, 5) is 29.3. The molecular weight excluding hydrogens is 300 g/mol. The highest BCUT2D eigenvalue weighted by molar-refractivity contribution is 7.10. The van der Waals surface area contributed by atoms with Crippen molar-refractivity contribution in [3.63, 3.8) is 0 Å². The lowest BCUT2D eigenvalue weighted by Gasteiger charge is -2.20. The molecular formula is C16H18N2O3S. The van der Waals surface area contributed by atoms with Gasteiger partial charge in [-0.1, -0.05) is 39.0 Å². The predicted molar refractivity (Wildman–Crippen MR) is 86.6 cm³/mol. The third kappa shape index (κ3) is 3.71. The Balaban J connectivity index is 2.34. The summed E-state index contributed by atoms with van der Waals surface area (Å²) in [5, 5.41) is 11.6. The topological polar surface area (TPSA) is 70.5 Å². The third-order valence-electron chi connectivity index (χ3n) is 2.97. The number of carboxylic acid groups (broad SMARTS) is 1. The number of hydrogen-bond acceptors (Lipinski definition) is 4. The highest BCUT2D eigenvalue weighted by atomic mass is 32.1. The van der Waals surface area contributed by atoms with Crippen LogP contribution in [0.4, 0.5) is 5.69 Å². The number of amides is 1. The maximum absolute atomic E-state index is 12.6. The van der Waals surface area contributed by atoms with Crippen molar-refractivity contribution in [2.75, 3.05) is 11.4 Å². The molecule has 2 rings (SSSR count). The molecule has 1 amide bonds. The molecule has 5 nitrogen and oxygen atoms in total. The molecule has 22 heavy (non-hydrogen) atoms. The molecule has 0 saturated carbocycles. The monoisotopic (exact) mass is 318 g/mol. The Labute approximate surface area is 133 Å². The zero-order chi connectivity index (χ0) is 16.3. The number of carbonyl (C=O) groups excluding carboxylic acids is 1. The van der Waals surface area contributed by atoms with Gasteiger partial charge in [0.1, 0.15) is 12.2 Å². The molecule has 116 valence electrons. The number of anilines is 1. The van der Waals surface area contributed by atoms with Gasteiger partial charge in [-0.15, -0.1) is 11.3 Å². The fraction of sp³-hybridized carbons (Fsp3) is 0.312. The second-order valence-corrected chi connectivity index (χ2v) is 6.77. The molecule has 1 heterocycles. The normalized spacial score (nSPS) is 11.2. The van der Waals surface area contributed by atoms with E-state index in [1.165, 1.54) is 16.2 Å². The van der Waals surface area contributed by atoms with Gasteiger partial charge in [-0.3, -0.25) is 14.5 Å². The summed E-state index contributed by atoms with van der Waals surface area (Å²) in [6.45, 7) is 5.66.